The number of amides is 1. The Morgan fingerprint density at radius 1 is 1.50 bits per heavy atom. The molecule has 1 heterocycles. The minimum Gasteiger partial charge on any atom is -0.398 e. The normalized spacial score (nSPS) is 19.9. The summed E-state index contributed by atoms with van der Waals surface area (Å²) in [4.78, 5) is 13.8. The van der Waals surface area contributed by atoms with Gasteiger partial charge in [-0.3, -0.25) is 4.79 Å². The zero-order chi connectivity index (χ0) is 13.3. The van der Waals surface area contributed by atoms with Crippen LogP contribution in [0.2, 0.25) is 5.02 Å². The van der Waals surface area contributed by atoms with Crippen LogP contribution in [0.3, 0.4) is 0 Å². The number of benzene rings is 1. The molecule has 1 atom stereocenters. The quantitative estimate of drug-likeness (QED) is 0.855. The standard InChI is InChI=1S/C14H19ClN2O/c1-9(2)11-6-14(18)17(8-11)7-10-3-4-12(15)13(16)5-10/h3-5,9,11H,6-8,16H2,1-2H3. The number of nitrogen functional groups attached to an aromatic ring is 1. The van der Waals surface area contributed by atoms with E-state index in [9.17, 15) is 4.79 Å². The molecule has 1 aromatic rings. The number of nitrogens with zero attached hydrogens (tertiary/aromatic N) is 1. The van der Waals surface area contributed by atoms with Gasteiger partial charge in [0.05, 0.1) is 10.7 Å². The van der Waals surface area contributed by atoms with E-state index in [-0.39, 0.29) is 5.91 Å². The summed E-state index contributed by atoms with van der Waals surface area (Å²) in [7, 11) is 0. The van der Waals surface area contributed by atoms with E-state index < -0.39 is 0 Å². The number of rotatable bonds is 3. The van der Waals surface area contributed by atoms with Gasteiger partial charge in [0.2, 0.25) is 5.91 Å². The van der Waals surface area contributed by atoms with Crippen molar-refractivity contribution in [1.29, 1.82) is 0 Å². The van der Waals surface area contributed by atoms with Crippen LogP contribution in [0, 0.1) is 11.8 Å². The predicted octanol–water partition coefficient (Wildman–Crippen LogP) is 2.93. The highest BCUT2D eigenvalue weighted by molar-refractivity contribution is 6.33. The Kier molecular flexibility index (Phi) is 3.81. The summed E-state index contributed by atoms with van der Waals surface area (Å²) in [5.41, 5.74) is 7.38. The molecule has 98 valence electrons. The SMILES string of the molecule is CC(C)C1CC(=O)N(Cc2ccc(Cl)c(N)c2)C1. The first-order chi connectivity index (χ1) is 8.47. The van der Waals surface area contributed by atoms with Gasteiger partial charge < -0.3 is 10.6 Å². The molecule has 1 fully saturated rings. The fraction of sp³-hybridized carbons (Fsp3) is 0.500. The average molecular weight is 267 g/mol. The summed E-state index contributed by atoms with van der Waals surface area (Å²) < 4.78 is 0. The molecule has 1 aliphatic heterocycles. The molecule has 4 heteroatoms. The number of carbonyl (C=O) groups is 1. The van der Waals surface area contributed by atoms with Crippen LogP contribution in [0.15, 0.2) is 18.2 Å². The Hall–Kier alpha value is -1.22. The third-order valence-corrected chi connectivity index (χ3v) is 3.97. The Balaban J connectivity index is 2.05. The van der Waals surface area contributed by atoms with Crippen LogP contribution in [0.4, 0.5) is 5.69 Å². The zero-order valence-corrected chi connectivity index (χ0v) is 11.6. The van der Waals surface area contributed by atoms with Crippen LogP contribution in [0.5, 0.6) is 0 Å². The topological polar surface area (TPSA) is 46.3 Å². The van der Waals surface area contributed by atoms with Gasteiger partial charge in [-0.05, 0) is 29.5 Å². The first-order valence-corrected chi connectivity index (χ1v) is 6.67. The van der Waals surface area contributed by atoms with Crippen molar-refractivity contribution in [2.24, 2.45) is 11.8 Å². The van der Waals surface area contributed by atoms with E-state index >= 15 is 0 Å². The second kappa shape index (κ2) is 5.19. The number of hydrogen-bond acceptors (Lipinski definition) is 2. The van der Waals surface area contributed by atoms with Crippen molar-refractivity contribution in [1.82, 2.24) is 4.90 Å². The summed E-state index contributed by atoms with van der Waals surface area (Å²) in [6.45, 7) is 5.81. The van der Waals surface area contributed by atoms with E-state index in [0.29, 0.717) is 35.5 Å². The molecular weight excluding hydrogens is 248 g/mol. The zero-order valence-electron chi connectivity index (χ0n) is 10.8. The monoisotopic (exact) mass is 266 g/mol. The molecule has 1 aliphatic rings. The minimum atomic E-state index is 0.238. The Labute approximate surface area is 113 Å². The van der Waals surface area contributed by atoms with Gasteiger partial charge in [0.15, 0.2) is 0 Å². The lowest BCUT2D eigenvalue weighted by Gasteiger charge is -2.18. The van der Waals surface area contributed by atoms with Gasteiger partial charge in [-0.2, -0.15) is 0 Å². The fourth-order valence-corrected chi connectivity index (χ4v) is 2.43. The van der Waals surface area contributed by atoms with Gasteiger partial charge in [-0.15, -0.1) is 0 Å². The molecule has 2 N–H and O–H groups in total. The molecule has 1 amide bonds. The van der Waals surface area contributed by atoms with Gasteiger partial charge in [-0.25, -0.2) is 0 Å². The maximum atomic E-state index is 11.9. The number of nitrogens with two attached hydrogens (primary N) is 1. The van der Waals surface area contributed by atoms with Gasteiger partial charge in [0.1, 0.15) is 0 Å². The molecule has 2 rings (SSSR count). The minimum absolute atomic E-state index is 0.238. The van der Waals surface area contributed by atoms with E-state index in [4.69, 9.17) is 17.3 Å². The highest BCUT2D eigenvalue weighted by Gasteiger charge is 2.31. The Morgan fingerprint density at radius 3 is 2.78 bits per heavy atom. The summed E-state index contributed by atoms with van der Waals surface area (Å²) >= 11 is 5.89. The van der Waals surface area contributed by atoms with Crippen LogP contribution in [-0.2, 0) is 11.3 Å². The van der Waals surface area contributed by atoms with Gasteiger partial charge in [0, 0.05) is 19.5 Å². The largest absolute Gasteiger partial charge is 0.398 e. The van der Waals surface area contributed by atoms with Crippen LogP contribution in [0.1, 0.15) is 25.8 Å². The highest BCUT2D eigenvalue weighted by Crippen LogP contribution is 2.27. The lowest BCUT2D eigenvalue weighted by molar-refractivity contribution is -0.128. The van der Waals surface area contributed by atoms with Gasteiger partial charge in [-0.1, -0.05) is 31.5 Å². The van der Waals surface area contributed by atoms with Crippen molar-refractivity contribution in [2.45, 2.75) is 26.8 Å². The fourth-order valence-electron chi connectivity index (χ4n) is 2.31. The third-order valence-electron chi connectivity index (χ3n) is 3.62. The van der Waals surface area contributed by atoms with E-state index in [1.54, 1.807) is 6.07 Å². The predicted molar refractivity (Wildman–Crippen MR) is 74.2 cm³/mol. The molecule has 0 saturated carbocycles. The highest BCUT2D eigenvalue weighted by atomic mass is 35.5. The van der Waals surface area contributed by atoms with Crippen LogP contribution >= 0.6 is 11.6 Å². The van der Waals surface area contributed by atoms with E-state index in [0.717, 1.165) is 12.1 Å². The van der Waals surface area contributed by atoms with Gasteiger partial charge >= 0.3 is 0 Å². The maximum absolute atomic E-state index is 11.9. The van der Waals surface area contributed by atoms with Crippen molar-refractivity contribution in [3.8, 4) is 0 Å². The molecular formula is C14H19ClN2O. The van der Waals surface area contributed by atoms with E-state index in [1.807, 2.05) is 17.0 Å². The molecule has 1 aromatic carbocycles. The van der Waals surface area contributed by atoms with E-state index in [2.05, 4.69) is 13.8 Å². The number of carbonyl (C=O) groups excluding carboxylic acids is 1. The first-order valence-electron chi connectivity index (χ1n) is 6.29. The first kappa shape index (κ1) is 13.2. The van der Waals surface area contributed by atoms with Crippen molar-refractivity contribution >= 4 is 23.2 Å². The lowest BCUT2D eigenvalue weighted by atomic mass is 9.95. The van der Waals surface area contributed by atoms with Crippen molar-refractivity contribution in [3.63, 3.8) is 0 Å². The number of hydrogen-bond donors (Lipinski definition) is 1. The Bertz CT molecular complexity index is 459. The molecule has 3 nitrogen and oxygen atoms in total. The third kappa shape index (κ3) is 2.78. The average Bonchev–Trinajstić information content (AvgIpc) is 2.66. The maximum Gasteiger partial charge on any atom is 0.223 e. The van der Waals surface area contributed by atoms with Crippen molar-refractivity contribution in [2.75, 3.05) is 12.3 Å². The molecule has 0 aromatic heterocycles. The summed E-state index contributed by atoms with van der Waals surface area (Å²) in [6, 6.07) is 5.56. The molecule has 0 spiro atoms. The number of anilines is 1. The second-order valence-corrected chi connectivity index (χ2v) is 5.75. The molecule has 1 unspecified atom stereocenters. The Morgan fingerprint density at radius 2 is 2.22 bits per heavy atom. The summed E-state index contributed by atoms with van der Waals surface area (Å²) in [5.74, 6) is 1.26. The van der Waals surface area contributed by atoms with Crippen LogP contribution in [0.25, 0.3) is 0 Å². The van der Waals surface area contributed by atoms with Crippen molar-refractivity contribution in [3.05, 3.63) is 28.8 Å². The number of likely N-dealkylation sites (tertiary alicyclic amines) is 1. The second-order valence-electron chi connectivity index (χ2n) is 5.34. The van der Waals surface area contributed by atoms with E-state index in [1.165, 1.54) is 0 Å². The number of halogens is 1. The van der Waals surface area contributed by atoms with Crippen molar-refractivity contribution < 1.29 is 4.79 Å². The molecule has 1 saturated heterocycles. The van der Waals surface area contributed by atoms with Gasteiger partial charge in [0.25, 0.3) is 0 Å². The summed E-state index contributed by atoms with van der Waals surface area (Å²) in [6.07, 6.45) is 0.667. The van der Waals surface area contributed by atoms with Crippen LogP contribution in [-0.4, -0.2) is 17.4 Å². The molecule has 0 aliphatic carbocycles. The molecule has 0 radical (unpaired) electrons. The smallest absolute Gasteiger partial charge is 0.223 e. The molecule has 0 bridgehead atoms. The summed E-state index contributed by atoms with van der Waals surface area (Å²) in [5, 5.41) is 0.562. The molecule has 18 heavy (non-hydrogen) atoms. The lowest BCUT2D eigenvalue weighted by Crippen LogP contribution is -2.25. The van der Waals surface area contributed by atoms with Crippen LogP contribution < -0.4 is 5.73 Å².